The summed E-state index contributed by atoms with van der Waals surface area (Å²) in [6.07, 6.45) is 8.98. The average Bonchev–Trinajstić information content (AvgIpc) is 3.43. The van der Waals surface area contributed by atoms with Crippen molar-refractivity contribution in [2.75, 3.05) is 13.7 Å². The SMILES string of the molecule is COc1cc(-c2noc(CN(CC3CC3)C3CCCCC3)n2)ccc1OC(F)F. The minimum Gasteiger partial charge on any atom is -0.493 e. The summed E-state index contributed by atoms with van der Waals surface area (Å²) < 4.78 is 40.2. The third kappa shape index (κ3) is 5.23. The maximum absolute atomic E-state index is 12.5. The second kappa shape index (κ2) is 9.07. The van der Waals surface area contributed by atoms with E-state index in [1.54, 1.807) is 12.1 Å². The molecule has 4 rings (SSSR count). The van der Waals surface area contributed by atoms with Crippen LogP contribution in [-0.4, -0.2) is 41.3 Å². The molecule has 2 aliphatic rings. The van der Waals surface area contributed by atoms with Gasteiger partial charge in [0.05, 0.1) is 13.7 Å². The van der Waals surface area contributed by atoms with Gasteiger partial charge in [0.15, 0.2) is 11.5 Å². The fraction of sp³-hybridized carbons (Fsp3) is 0.619. The Morgan fingerprint density at radius 3 is 2.62 bits per heavy atom. The molecular formula is C21H27F2N3O3. The second-order valence-electron chi connectivity index (χ2n) is 7.92. The molecule has 2 fully saturated rings. The van der Waals surface area contributed by atoms with Crippen molar-refractivity contribution in [1.82, 2.24) is 15.0 Å². The van der Waals surface area contributed by atoms with Crippen LogP contribution in [0.3, 0.4) is 0 Å². The predicted octanol–water partition coefficient (Wildman–Crippen LogP) is 4.89. The third-order valence-corrected chi connectivity index (χ3v) is 5.73. The molecule has 1 aromatic carbocycles. The zero-order valence-corrected chi connectivity index (χ0v) is 16.7. The summed E-state index contributed by atoms with van der Waals surface area (Å²) in [7, 11) is 1.40. The Morgan fingerprint density at radius 2 is 1.93 bits per heavy atom. The van der Waals surface area contributed by atoms with Gasteiger partial charge >= 0.3 is 6.61 Å². The number of halogens is 2. The molecule has 8 heteroatoms. The standard InChI is InChI=1S/C21H27F2N3O3/c1-27-18-11-15(9-10-17(18)28-21(22)23)20-24-19(29-25-20)13-26(12-14-7-8-14)16-5-3-2-4-6-16/h9-11,14,16,21H,2-8,12-13H2,1H3. The molecule has 0 atom stereocenters. The second-order valence-corrected chi connectivity index (χ2v) is 7.92. The van der Waals surface area contributed by atoms with Crippen molar-refractivity contribution in [2.24, 2.45) is 5.92 Å². The van der Waals surface area contributed by atoms with E-state index in [2.05, 4.69) is 19.8 Å². The first-order chi connectivity index (χ1) is 14.1. The van der Waals surface area contributed by atoms with Gasteiger partial charge in [0, 0.05) is 18.2 Å². The first-order valence-corrected chi connectivity index (χ1v) is 10.3. The van der Waals surface area contributed by atoms with Crippen LogP contribution < -0.4 is 9.47 Å². The van der Waals surface area contributed by atoms with Gasteiger partial charge in [0.1, 0.15) is 0 Å². The summed E-state index contributed by atoms with van der Waals surface area (Å²) in [4.78, 5) is 7.05. The van der Waals surface area contributed by atoms with Gasteiger partial charge in [-0.05, 0) is 49.8 Å². The smallest absolute Gasteiger partial charge is 0.387 e. The van der Waals surface area contributed by atoms with Crippen LogP contribution in [0.2, 0.25) is 0 Å². The van der Waals surface area contributed by atoms with Crippen molar-refractivity contribution in [2.45, 2.75) is 64.1 Å². The number of ether oxygens (including phenoxy) is 2. The summed E-state index contributed by atoms with van der Waals surface area (Å²) >= 11 is 0. The van der Waals surface area contributed by atoms with Gasteiger partial charge in [0.2, 0.25) is 11.7 Å². The lowest BCUT2D eigenvalue weighted by molar-refractivity contribution is -0.0512. The first kappa shape index (κ1) is 20.1. The molecule has 0 unspecified atom stereocenters. The molecule has 0 N–H and O–H groups in total. The molecule has 0 aliphatic heterocycles. The lowest BCUT2D eigenvalue weighted by atomic mass is 9.94. The molecule has 6 nitrogen and oxygen atoms in total. The van der Waals surface area contributed by atoms with E-state index < -0.39 is 6.61 Å². The van der Waals surface area contributed by atoms with Crippen molar-refractivity contribution in [3.05, 3.63) is 24.1 Å². The van der Waals surface area contributed by atoms with E-state index in [9.17, 15) is 8.78 Å². The van der Waals surface area contributed by atoms with Gasteiger partial charge in [0.25, 0.3) is 0 Å². The highest BCUT2D eigenvalue weighted by atomic mass is 19.3. The number of aromatic nitrogens is 2. The third-order valence-electron chi connectivity index (χ3n) is 5.73. The molecule has 2 aromatic rings. The van der Waals surface area contributed by atoms with E-state index in [1.807, 2.05) is 0 Å². The number of hydrogen-bond acceptors (Lipinski definition) is 6. The van der Waals surface area contributed by atoms with Crippen LogP contribution in [0.5, 0.6) is 11.5 Å². The van der Waals surface area contributed by atoms with Gasteiger partial charge in [-0.2, -0.15) is 13.8 Å². The van der Waals surface area contributed by atoms with Crippen LogP contribution in [0, 0.1) is 5.92 Å². The molecule has 2 aliphatic carbocycles. The molecule has 0 spiro atoms. The van der Waals surface area contributed by atoms with E-state index in [1.165, 1.54) is 58.1 Å². The molecule has 0 saturated heterocycles. The average molecular weight is 407 g/mol. The van der Waals surface area contributed by atoms with E-state index in [0.717, 1.165) is 12.5 Å². The predicted molar refractivity (Wildman–Crippen MR) is 103 cm³/mol. The fourth-order valence-electron chi connectivity index (χ4n) is 4.03. The van der Waals surface area contributed by atoms with Crippen molar-refractivity contribution in [3.63, 3.8) is 0 Å². The number of rotatable bonds is 9. The molecule has 0 amide bonds. The van der Waals surface area contributed by atoms with Crippen LogP contribution in [0.4, 0.5) is 8.78 Å². The Labute approximate surface area is 169 Å². The zero-order chi connectivity index (χ0) is 20.2. The minimum absolute atomic E-state index is 0.0251. The van der Waals surface area contributed by atoms with Gasteiger partial charge < -0.3 is 14.0 Å². The molecule has 0 bridgehead atoms. The Balaban J connectivity index is 1.48. The Morgan fingerprint density at radius 1 is 1.14 bits per heavy atom. The first-order valence-electron chi connectivity index (χ1n) is 10.3. The molecular weight excluding hydrogens is 380 g/mol. The van der Waals surface area contributed by atoms with E-state index in [-0.39, 0.29) is 11.5 Å². The van der Waals surface area contributed by atoms with E-state index in [4.69, 9.17) is 9.26 Å². The summed E-state index contributed by atoms with van der Waals surface area (Å²) in [5, 5.41) is 4.09. The van der Waals surface area contributed by atoms with E-state index >= 15 is 0 Å². The summed E-state index contributed by atoms with van der Waals surface area (Å²) in [5.41, 5.74) is 0.630. The van der Waals surface area contributed by atoms with Crippen LogP contribution in [0.15, 0.2) is 22.7 Å². The van der Waals surface area contributed by atoms with Crippen molar-refractivity contribution in [1.29, 1.82) is 0 Å². The van der Waals surface area contributed by atoms with Gasteiger partial charge in [-0.3, -0.25) is 4.90 Å². The summed E-state index contributed by atoms with van der Waals surface area (Å²) in [6, 6.07) is 5.22. The highest BCUT2D eigenvalue weighted by molar-refractivity contribution is 5.60. The Bertz CT molecular complexity index is 804. The van der Waals surface area contributed by atoms with Crippen LogP contribution in [0.1, 0.15) is 50.8 Å². The number of methoxy groups -OCH3 is 1. The lowest BCUT2D eigenvalue weighted by Crippen LogP contribution is -2.37. The molecule has 2 saturated carbocycles. The van der Waals surface area contributed by atoms with E-state index in [0.29, 0.717) is 29.9 Å². The number of hydrogen-bond donors (Lipinski definition) is 0. The van der Waals surface area contributed by atoms with Gasteiger partial charge in [-0.15, -0.1) is 0 Å². The Kier molecular flexibility index (Phi) is 6.28. The fourth-order valence-corrected chi connectivity index (χ4v) is 4.03. The maximum atomic E-state index is 12.5. The number of alkyl halides is 2. The van der Waals surface area contributed by atoms with Crippen LogP contribution >= 0.6 is 0 Å². The summed E-state index contributed by atoms with van der Waals surface area (Å²) in [5.74, 6) is 1.97. The number of nitrogens with zero attached hydrogens (tertiary/aromatic N) is 3. The molecule has 29 heavy (non-hydrogen) atoms. The maximum Gasteiger partial charge on any atom is 0.387 e. The van der Waals surface area contributed by atoms with Crippen molar-refractivity contribution < 1.29 is 22.8 Å². The molecule has 158 valence electrons. The molecule has 1 heterocycles. The number of benzene rings is 1. The quantitative estimate of drug-likeness (QED) is 0.590. The highest BCUT2D eigenvalue weighted by Gasteiger charge is 2.30. The van der Waals surface area contributed by atoms with Crippen molar-refractivity contribution in [3.8, 4) is 22.9 Å². The van der Waals surface area contributed by atoms with Gasteiger partial charge in [-0.25, -0.2) is 0 Å². The topological polar surface area (TPSA) is 60.6 Å². The molecule has 0 radical (unpaired) electrons. The normalized spacial score (nSPS) is 17.8. The monoisotopic (exact) mass is 407 g/mol. The van der Waals surface area contributed by atoms with Crippen LogP contribution in [-0.2, 0) is 6.54 Å². The van der Waals surface area contributed by atoms with Gasteiger partial charge in [-0.1, -0.05) is 24.4 Å². The summed E-state index contributed by atoms with van der Waals surface area (Å²) in [6.45, 7) is -1.17. The zero-order valence-electron chi connectivity index (χ0n) is 16.7. The highest BCUT2D eigenvalue weighted by Crippen LogP contribution is 2.34. The minimum atomic E-state index is -2.91. The Hall–Kier alpha value is -2.22. The van der Waals surface area contributed by atoms with Crippen LogP contribution in [0.25, 0.3) is 11.4 Å². The molecule has 1 aromatic heterocycles. The van der Waals surface area contributed by atoms with Crippen molar-refractivity contribution >= 4 is 0 Å². The lowest BCUT2D eigenvalue weighted by Gasteiger charge is -2.33. The largest absolute Gasteiger partial charge is 0.493 e.